The number of aromatic amines is 1. The maximum Gasteiger partial charge on any atom is 0.267 e. The van der Waals surface area contributed by atoms with Crippen LogP contribution < -0.4 is 10.2 Å². The van der Waals surface area contributed by atoms with Crippen LogP contribution in [0.4, 0.5) is 5.00 Å². The standard InChI is InChI=1S/C10H7N3O3S2/c11-5-7-2-4-17-10(7)13-18(15,16)9-6-12-3-1-8(9)14/h1-4,6,13H,(H,12,14). The molecule has 0 unspecified atom stereocenters. The van der Waals surface area contributed by atoms with Crippen molar-refractivity contribution in [3.8, 4) is 6.07 Å². The largest absolute Gasteiger partial charge is 0.366 e. The molecule has 92 valence electrons. The van der Waals surface area contributed by atoms with E-state index in [9.17, 15) is 13.2 Å². The van der Waals surface area contributed by atoms with Crippen LogP contribution in [0.2, 0.25) is 0 Å². The van der Waals surface area contributed by atoms with Crippen LogP contribution in [-0.2, 0) is 10.0 Å². The van der Waals surface area contributed by atoms with Crippen molar-refractivity contribution in [2.45, 2.75) is 4.90 Å². The Morgan fingerprint density at radius 3 is 2.83 bits per heavy atom. The molecule has 0 aromatic carbocycles. The fourth-order valence-electron chi connectivity index (χ4n) is 1.26. The van der Waals surface area contributed by atoms with Crippen LogP contribution in [0.15, 0.2) is 39.6 Å². The molecule has 0 bridgehead atoms. The Morgan fingerprint density at radius 2 is 2.17 bits per heavy atom. The van der Waals surface area contributed by atoms with Gasteiger partial charge in [-0.05, 0) is 11.4 Å². The average molecular weight is 281 g/mol. The van der Waals surface area contributed by atoms with Gasteiger partial charge in [-0.3, -0.25) is 9.52 Å². The molecule has 18 heavy (non-hydrogen) atoms. The molecule has 0 aliphatic carbocycles. The summed E-state index contributed by atoms with van der Waals surface area (Å²) in [7, 11) is -3.98. The van der Waals surface area contributed by atoms with Crippen molar-refractivity contribution in [2.75, 3.05) is 4.72 Å². The number of H-pyrrole nitrogens is 1. The van der Waals surface area contributed by atoms with Gasteiger partial charge in [0.05, 0.1) is 5.56 Å². The van der Waals surface area contributed by atoms with Gasteiger partial charge >= 0.3 is 0 Å². The highest BCUT2D eigenvalue weighted by atomic mass is 32.2. The minimum atomic E-state index is -3.98. The van der Waals surface area contributed by atoms with Crippen LogP contribution in [-0.4, -0.2) is 13.4 Å². The predicted octanol–water partition coefficient (Wildman–Crippen LogP) is 1.11. The van der Waals surface area contributed by atoms with E-state index in [4.69, 9.17) is 5.26 Å². The lowest BCUT2D eigenvalue weighted by Gasteiger charge is -2.05. The molecule has 6 nitrogen and oxygen atoms in total. The average Bonchev–Trinajstić information content (AvgIpc) is 2.76. The number of rotatable bonds is 3. The molecule has 0 spiro atoms. The summed E-state index contributed by atoms with van der Waals surface area (Å²) in [6, 6.07) is 4.48. The number of hydrogen-bond acceptors (Lipinski definition) is 5. The lowest BCUT2D eigenvalue weighted by Crippen LogP contribution is -2.20. The number of nitrogens with one attached hydrogen (secondary N) is 2. The second kappa shape index (κ2) is 4.64. The van der Waals surface area contributed by atoms with E-state index in [2.05, 4.69) is 9.71 Å². The highest BCUT2D eigenvalue weighted by molar-refractivity contribution is 7.93. The van der Waals surface area contributed by atoms with Gasteiger partial charge in [-0.1, -0.05) is 0 Å². The Labute approximate surface area is 107 Å². The molecule has 2 N–H and O–H groups in total. The van der Waals surface area contributed by atoms with Crippen molar-refractivity contribution < 1.29 is 8.42 Å². The first kappa shape index (κ1) is 12.3. The van der Waals surface area contributed by atoms with E-state index in [1.807, 2.05) is 6.07 Å². The molecule has 2 heterocycles. The van der Waals surface area contributed by atoms with E-state index in [0.717, 1.165) is 23.6 Å². The second-order valence-electron chi connectivity index (χ2n) is 3.25. The normalized spacial score (nSPS) is 10.8. The molecule has 2 aromatic rings. The minimum Gasteiger partial charge on any atom is -0.366 e. The Bertz CT molecular complexity index is 768. The third-order valence-electron chi connectivity index (χ3n) is 2.09. The third-order valence-corrected chi connectivity index (χ3v) is 4.42. The second-order valence-corrected chi connectivity index (χ2v) is 5.82. The van der Waals surface area contributed by atoms with Gasteiger partial charge in [0.25, 0.3) is 10.0 Å². The molecule has 0 aliphatic rings. The zero-order chi connectivity index (χ0) is 13.2. The summed E-state index contributed by atoms with van der Waals surface area (Å²) in [6.45, 7) is 0. The number of sulfonamides is 1. The summed E-state index contributed by atoms with van der Waals surface area (Å²) < 4.78 is 26.1. The first-order valence-electron chi connectivity index (χ1n) is 4.72. The van der Waals surface area contributed by atoms with Crippen LogP contribution in [0.25, 0.3) is 0 Å². The Balaban J connectivity index is 2.44. The summed E-state index contributed by atoms with van der Waals surface area (Å²) >= 11 is 1.08. The molecular weight excluding hydrogens is 274 g/mol. The Morgan fingerprint density at radius 1 is 1.39 bits per heavy atom. The molecule has 0 atom stereocenters. The molecule has 0 saturated carbocycles. The van der Waals surface area contributed by atoms with Crippen molar-refractivity contribution in [3.05, 3.63) is 45.7 Å². The maximum absolute atomic E-state index is 12.0. The topological polar surface area (TPSA) is 103 Å². The Kier molecular flexibility index (Phi) is 3.18. The molecule has 2 aromatic heterocycles. The van der Waals surface area contributed by atoms with Gasteiger partial charge in [-0.15, -0.1) is 11.3 Å². The van der Waals surface area contributed by atoms with Gasteiger partial charge in [-0.25, -0.2) is 8.42 Å². The first-order valence-corrected chi connectivity index (χ1v) is 7.08. The minimum absolute atomic E-state index is 0.195. The number of nitriles is 1. The zero-order valence-electron chi connectivity index (χ0n) is 8.88. The summed E-state index contributed by atoms with van der Waals surface area (Å²) in [5.74, 6) is 0. The van der Waals surface area contributed by atoms with E-state index in [1.54, 1.807) is 5.38 Å². The van der Waals surface area contributed by atoms with Gasteiger partial charge < -0.3 is 4.98 Å². The van der Waals surface area contributed by atoms with Crippen molar-refractivity contribution in [1.29, 1.82) is 5.26 Å². The maximum atomic E-state index is 12.0. The van der Waals surface area contributed by atoms with Gasteiger partial charge in [0.2, 0.25) is 5.43 Å². The fraction of sp³-hybridized carbons (Fsp3) is 0. The molecule has 0 saturated heterocycles. The highest BCUT2D eigenvalue weighted by Gasteiger charge is 2.19. The number of anilines is 1. The molecule has 0 radical (unpaired) electrons. The molecular formula is C10H7N3O3S2. The molecule has 0 aliphatic heterocycles. The zero-order valence-corrected chi connectivity index (χ0v) is 10.5. The first-order chi connectivity index (χ1) is 8.54. The summed E-state index contributed by atoms with van der Waals surface area (Å²) in [5.41, 5.74) is -0.396. The van der Waals surface area contributed by atoms with Crippen LogP contribution in [0.5, 0.6) is 0 Å². The fourth-order valence-corrected chi connectivity index (χ4v) is 3.39. The van der Waals surface area contributed by atoms with Crippen molar-refractivity contribution in [1.82, 2.24) is 4.98 Å². The molecule has 2 rings (SSSR count). The van der Waals surface area contributed by atoms with E-state index >= 15 is 0 Å². The molecule has 0 fully saturated rings. The van der Waals surface area contributed by atoms with Gasteiger partial charge in [0.1, 0.15) is 11.1 Å². The van der Waals surface area contributed by atoms with Crippen LogP contribution in [0.1, 0.15) is 5.56 Å². The number of aromatic nitrogens is 1. The number of hydrogen-bond donors (Lipinski definition) is 2. The van der Waals surface area contributed by atoms with Crippen molar-refractivity contribution >= 4 is 26.4 Å². The lowest BCUT2D eigenvalue weighted by molar-refractivity contribution is 0.600. The smallest absolute Gasteiger partial charge is 0.267 e. The van der Waals surface area contributed by atoms with Gasteiger partial charge in [0, 0.05) is 18.5 Å². The number of pyridine rings is 1. The summed E-state index contributed by atoms with van der Waals surface area (Å²) in [5, 5.41) is 10.6. The predicted molar refractivity (Wildman–Crippen MR) is 66.9 cm³/mol. The van der Waals surface area contributed by atoms with E-state index in [0.29, 0.717) is 0 Å². The van der Waals surface area contributed by atoms with Crippen LogP contribution >= 0.6 is 11.3 Å². The van der Waals surface area contributed by atoms with Crippen molar-refractivity contribution in [2.24, 2.45) is 0 Å². The third kappa shape index (κ3) is 2.27. The monoisotopic (exact) mass is 281 g/mol. The Hall–Kier alpha value is -2.11. The lowest BCUT2D eigenvalue weighted by atomic mass is 10.4. The van der Waals surface area contributed by atoms with E-state index in [-0.39, 0.29) is 15.5 Å². The number of nitrogens with zero attached hydrogens (tertiary/aromatic N) is 1. The summed E-state index contributed by atoms with van der Waals surface area (Å²) in [6.07, 6.45) is 2.44. The molecule has 8 heteroatoms. The van der Waals surface area contributed by atoms with Crippen molar-refractivity contribution in [3.63, 3.8) is 0 Å². The number of thiophene rings is 1. The SMILES string of the molecule is N#Cc1ccsc1NS(=O)(=O)c1c[nH]ccc1=O. The molecule has 0 amide bonds. The van der Waals surface area contributed by atoms with E-state index in [1.165, 1.54) is 12.3 Å². The highest BCUT2D eigenvalue weighted by Crippen LogP contribution is 2.24. The van der Waals surface area contributed by atoms with Crippen LogP contribution in [0, 0.1) is 11.3 Å². The summed E-state index contributed by atoms with van der Waals surface area (Å²) in [4.78, 5) is 13.6. The van der Waals surface area contributed by atoms with Gasteiger partial charge in [0.15, 0.2) is 4.90 Å². The quantitative estimate of drug-likeness (QED) is 0.879. The van der Waals surface area contributed by atoms with Crippen LogP contribution in [0.3, 0.4) is 0 Å². The van der Waals surface area contributed by atoms with Gasteiger partial charge in [-0.2, -0.15) is 5.26 Å². The van der Waals surface area contributed by atoms with E-state index < -0.39 is 15.5 Å².